The van der Waals surface area contributed by atoms with E-state index in [1.165, 1.54) is 0 Å². The molecule has 1 aromatic heterocycles. The number of alkyl halides is 1. The highest BCUT2D eigenvalue weighted by Gasteiger charge is 2.12. The lowest BCUT2D eigenvalue weighted by atomic mass is 10.1. The van der Waals surface area contributed by atoms with Gasteiger partial charge in [0.2, 0.25) is 0 Å². The quantitative estimate of drug-likeness (QED) is 0.631. The number of rotatable bonds is 2. The summed E-state index contributed by atoms with van der Waals surface area (Å²) in [6, 6.07) is 5.52. The van der Waals surface area contributed by atoms with Crippen LogP contribution in [-0.2, 0) is 4.79 Å². The molecule has 0 amide bonds. The summed E-state index contributed by atoms with van der Waals surface area (Å²) < 4.78 is 0. The van der Waals surface area contributed by atoms with Crippen LogP contribution in [0.25, 0.3) is 11.0 Å². The Kier molecular flexibility index (Phi) is 3.21. The third-order valence-electron chi connectivity index (χ3n) is 2.26. The molecule has 2 rings (SSSR count). The van der Waals surface area contributed by atoms with Gasteiger partial charge in [0.05, 0.1) is 21.6 Å². The van der Waals surface area contributed by atoms with Gasteiger partial charge in [-0.25, -0.2) is 9.97 Å². The molecular weight excluding hydrogens is 291 g/mol. The third kappa shape index (κ3) is 1.95. The van der Waals surface area contributed by atoms with E-state index in [0.29, 0.717) is 16.4 Å². The van der Waals surface area contributed by atoms with Crippen LogP contribution in [0.1, 0.15) is 16.1 Å². The van der Waals surface area contributed by atoms with E-state index in [-0.39, 0.29) is 4.83 Å². The lowest BCUT2D eigenvalue weighted by Crippen LogP contribution is -1.97. The molecule has 0 N–H and O–H groups in total. The van der Waals surface area contributed by atoms with Crippen molar-refractivity contribution >= 4 is 44.9 Å². The number of halogens is 2. The van der Waals surface area contributed by atoms with Crippen LogP contribution in [0.5, 0.6) is 0 Å². The van der Waals surface area contributed by atoms with Crippen LogP contribution >= 0.6 is 27.5 Å². The SMILES string of the molecule is Cc1nc2cccc(C(Br)C=O)c2nc1Cl. The first-order valence-corrected chi connectivity index (χ1v) is 5.95. The Morgan fingerprint density at radius 3 is 2.88 bits per heavy atom. The van der Waals surface area contributed by atoms with Crippen molar-refractivity contribution in [2.75, 3.05) is 0 Å². The Balaban J connectivity index is 2.76. The second kappa shape index (κ2) is 4.47. The van der Waals surface area contributed by atoms with E-state index in [2.05, 4.69) is 25.9 Å². The molecule has 0 aliphatic rings. The molecule has 16 heavy (non-hydrogen) atoms. The predicted octanol–water partition coefficient (Wildman–Crippen LogP) is 3.23. The Bertz CT molecular complexity index is 559. The van der Waals surface area contributed by atoms with Crippen molar-refractivity contribution in [3.8, 4) is 0 Å². The molecule has 1 aromatic carbocycles. The molecule has 5 heteroatoms. The molecule has 1 atom stereocenters. The van der Waals surface area contributed by atoms with Crippen LogP contribution in [0.3, 0.4) is 0 Å². The zero-order valence-electron chi connectivity index (χ0n) is 8.45. The second-order valence-corrected chi connectivity index (χ2v) is 4.70. The number of aromatic nitrogens is 2. The van der Waals surface area contributed by atoms with Gasteiger partial charge < -0.3 is 4.79 Å². The van der Waals surface area contributed by atoms with Gasteiger partial charge in [0.1, 0.15) is 6.29 Å². The first kappa shape index (κ1) is 11.5. The minimum atomic E-state index is -0.385. The smallest absolute Gasteiger partial charge is 0.150 e. The molecule has 0 aliphatic heterocycles. The molecule has 1 heterocycles. The van der Waals surface area contributed by atoms with Crippen LogP contribution in [0.2, 0.25) is 5.15 Å². The van der Waals surface area contributed by atoms with E-state index in [1.54, 1.807) is 6.92 Å². The molecule has 3 nitrogen and oxygen atoms in total. The van der Waals surface area contributed by atoms with Crippen molar-refractivity contribution in [1.29, 1.82) is 0 Å². The summed E-state index contributed by atoms with van der Waals surface area (Å²) in [7, 11) is 0. The summed E-state index contributed by atoms with van der Waals surface area (Å²) in [6.45, 7) is 1.80. The van der Waals surface area contributed by atoms with E-state index in [9.17, 15) is 4.79 Å². The lowest BCUT2D eigenvalue weighted by Gasteiger charge is -2.07. The molecule has 0 radical (unpaired) electrons. The molecular formula is C11H8BrClN2O. The highest BCUT2D eigenvalue weighted by atomic mass is 79.9. The fraction of sp³-hybridized carbons (Fsp3) is 0.182. The zero-order valence-corrected chi connectivity index (χ0v) is 10.8. The number of aryl methyl sites for hydroxylation is 1. The molecule has 0 saturated heterocycles. The lowest BCUT2D eigenvalue weighted by molar-refractivity contribution is -0.107. The summed E-state index contributed by atoms with van der Waals surface area (Å²) >= 11 is 9.20. The number of fused-ring (bicyclic) bond motifs is 1. The molecule has 0 fully saturated rings. The van der Waals surface area contributed by atoms with E-state index in [4.69, 9.17) is 11.6 Å². The summed E-state index contributed by atoms with van der Waals surface area (Å²) in [4.78, 5) is 19.0. The summed E-state index contributed by atoms with van der Waals surface area (Å²) in [6.07, 6.45) is 0.810. The van der Waals surface area contributed by atoms with Gasteiger partial charge in [0, 0.05) is 5.56 Å². The van der Waals surface area contributed by atoms with Gasteiger partial charge in [-0.15, -0.1) is 0 Å². The Morgan fingerprint density at radius 1 is 1.44 bits per heavy atom. The van der Waals surface area contributed by atoms with Gasteiger partial charge in [0.15, 0.2) is 5.15 Å². The molecule has 1 unspecified atom stereocenters. The van der Waals surface area contributed by atoms with Gasteiger partial charge >= 0.3 is 0 Å². The highest BCUT2D eigenvalue weighted by Crippen LogP contribution is 2.27. The maximum Gasteiger partial charge on any atom is 0.150 e. The Morgan fingerprint density at radius 2 is 2.19 bits per heavy atom. The monoisotopic (exact) mass is 298 g/mol. The van der Waals surface area contributed by atoms with Crippen molar-refractivity contribution in [2.24, 2.45) is 0 Å². The number of aldehydes is 1. The fourth-order valence-corrected chi connectivity index (χ4v) is 1.96. The van der Waals surface area contributed by atoms with Crippen LogP contribution in [0, 0.1) is 6.92 Å². The number of carbonyl (C=O) groups excluding carboxylic acids is 1. The van der Waals surface area contributed by atoms with Crippen LogP contribution in [0.15, 0.2) is 18.2 Å². The molecule has 0 saturated carbocycles. The highest BCUT2D eigenvalue weighted by molar-refractivity contribution is 9.09. The first-order chi connectivity index (χ1) is 7.63. The maximum atomic E-state index is 10.8. The fourth-order valence-electron chi connectivity index (χ4n) is 1.46. The van der Waals surface area contributed by atoms with Gasteiger partial charge in [0.25, 0.3) is 0 Å². The van der Waals surface area contributed by atoms with Crippen molar-refractivity contribution in [2.45, 2.75) is 11.8 Å². The number of nitrogens with zero attached hydrogens (tertiary/aromatic N) is 2. The van der Waals surface area contributed by atoms with Crippen molar-refractivity contribution in [3.63, 3.8) is 0 Å². The Hall–Kier alpha value is -1.00. The van der Waals surface area contributed by atoms with Crippen molar-refractivity contribution in [3.05, 3.63) is 34.6 Å². The molecule has 2 aromatic rings. The normalized spacial score (nSPS) is 12.7. The molecule has 0 bridgehead atoms. The van der Waals surface area contributed by atoms with E-state index in [0.717, 1.165) is 17.4 Å². The zero-order chi connectivity index (χ0) is 11.7. The molecule has 0 aliphatic carbocycles. The summed E-state index contributed by atoms with van der Waals surface area (Å²) in [5, 5.41) is 0.366. The number of hydrogen-bond donors (Lipinski definition) is 0. The van der Waals surface area contributed by atoms with Crippen molar-refractivity contribution < 1.29 is 4.79 Å². The number of para-hydroxylation sites is 1. The van der Waals surface area contributed by atoms with Gasteiger partial charge in [-0.1, -0.05) is 39.7 Å². The van der Waals surface area contributed by atoms with Crippen LogP contribution in [-0.4, -0.2) is 16.3 Å². The first-order valence-electron chi connectivity index (χ1n) is 4.65. The summed E-state index contributed by atoms with van der Waals surface area (Å²) in [5.41, 5.74) is 2.86. The van der Waals surface area contributed by atoms with E-state index >= 15 is 0 Å². The Labute approximate surface area is 106 Å². The average Bonchev–Trinajstić information content (AvgIpc) is 2.29. The largest absolute Gasteiger partial charge is 0.302 e. The van der Waals surface area contributed by atoms with Gasteiger partial charge in [-0.05, 0) is 13.0 Å². The predicted molar refractivity (Wildman–Crippen MR) is 67.0 cm³/mol. The van der Waals surface area contributed by atoms with Gasteiger partial charge in [-0.3, -0.25) is 0 Å². The minimum Gasteiger partial charge on any atom is -0.302 e. The third-order valence-corrected chi connectivity index (χ3v) is 3.33. The van der Waals surface area contributed by atoms with E-state index < -0.39 is 0 Å². The standard InChI is InChI=1S/C11H8BrClN2O/c1-6-11(13)15-10-7(8(12)5-16)3-2-4-9(10)14-6/h2-5,8H,1H3. The number of benzene rings is 1. The second-order valence-electron chi connectivity index (χ2n) is 3.35. The van der Waals surface area contributed by atoms with E-state index in [1.807, 2.05) is 18.2 Å². The minimum absolute atomic E-state index is 0.366. The average molecular weight is 300 g/mol. The van der Waals surface area contributed by atoms with Crippen LogP contribution in [0.4, 0.5) is 0 Å². The number of carbonyl (C=O) groups is 1. The topological polar surface area (TPSA) is 42.9 Å². The van der Waals surface area contributed by atoms with Gasteiger partial charge in [-0.2, -0.15) is 0 Å². The number of hydrogen-bond acceptors (Lipinski definition) is 3. The maximum absolute atomic E-state index is 10.8. The molecule has 0 spiro atoms. The summed E-state index contributed by atoms with van der Waals surface area (Å²) in [5.74, 6) is 0. The molecule has 82 valence electrons. The van der Waals surface area contributed by atoms with Crippen molar-refractivity contribution in [1.82, 2.24) is 9.97 Å². The van der Waals surface area contributed by atoms with Crippen LogP contribution < -0.4 is 0 Å².